The lowest BCUT2D eigenvalue weighted by atomic mass is 9.97. The van der Waals surface area contributed by atoms with Crippen LogP contribution in [0.2, 0.25) is 0 Å². The summed E-state index contributed by atoms with van der Waals surface area (Å²) in [5, 5.41) is 23.8. The summed E-state index contributed by atoms with van der Waals surface area (Å²) in [5.41, 5.74) is 3.15. The molecule has 4 N–H and O–H groups in total. The fraction of sp³-hybridized carbons (Fsp3) is 0.267. The van der Waals surface area contributed by atoms with E-state index in [9.17, 15) is 14.7 Å². The van der Waals surface area contributed by atoms with Crippen LogP contribution in [0.3, 0.4) is 0 Å². The van der Waals surface area contributed by atoms with Gasteiger partial charge in [-0.05, 0) is 87.0 Å². The van der Waals surface area contributed by atoms with Crippen LogP contribution in [0.15, 0.2) is 71.7 Å². The van der Waals surface area contributed by atoms with Crippen LogP contribution in [0.25, 0.3) is 11.3 Å². The van der Waals surface area contributed by atoms with Crippen LogP contribution in [0.1, 0.15) is 54.2 Å². The van der Waals surface area contributed by atoms with Crippen molar-refractivity contribution < 1.29 is 9.90 Å². The van der Waals surface area contributed by atoms with Crippen molar-refractivity contribution in [1.82, 2.24) is 20.1 Å². The molecule has 0 saturated carbocycles. The third-order valence-corrected chi connectivity index (χ3v) is 7.71. The Morgan fingerprint density at radius 3 is 2.52 bits per heavy atom. The van der Waals surface area contributed by atoms with Crippen molar-refractivity contribution in [1.29, 1.82) is 0 Å². The van der Waals surface area contributed by atoms with Crippen molar-refractivity contribution in [2.45, 2.75) is 38.3 Å². The van der Waals surface area contributed by atoms with Crippen LogP contribution in [0, 0.1) is 0 Å². The lowest BCUT2D eigenvalue weighted by molar-refractivity contribution is 0.0785. The molecular formula is C30H33N6O3P. The molecule has 3 heterocycles. The number of likely N-dealkylation sites (tertiary alicyclic amines) is 1. The molecule has 0 bridgehead atoms. The van der Waals surface area contributed by atoms with Crippen molar-refractivity contribution in [3.05, 3.63) is 93.9 Å². The second-order valence-corrected chi connectivity index (χ2v) is 11.3. The highest BCUT2D eigenvalue weighted by Gasteiger charge is 2.22. The summed E-state index contributed by atoms with van der Waals surface area (Å²) in [6.45, 7) is 4.48. The van der Waals surface area contributed by atoms with Crippen LogP contribution in [0.4, 0.5) is 17.2 Å². The second kappa shape index (κ2) is 11.3. The van der Waals surface area contributed by atoms with Gasteiger partial charge in [0.15, 0.2) is 0 Å². The number of nitrogens with one attached hydrogen (secondary N) is 3. The Hall–Kier alpha value is -3.91. The maximum atomic E-state index is 12.9. The lowest BCUT2D eigenvalue weighted by Crippen LogP contribution is -2.18. The number of benzene rings is 2. The molecule has 0 spiro atoms. The molecule has 4 aromatic rings. The maximum absolute atomic E-state index is 12.9. The van der Waals surface area contributed by atoms with Gasteiger partial charge >= 0.3 is 0 Å². The molecule has 2 unspecified atom stereocenters. The number of aromatic amines is 1. The van der Waals surface area contributed by atoms with Gasteiger partial charge in [-0.3, -0.25) is 14.5 Å². The number of pyridine rings is 1. The summed E-state index contributed by atoms with van der Waals surface area (Å²) in [5.74, 6) is 0.286. The average molecular weight is 557 g/mol. The second-order valence-electron chi connectivity index (χ2n) is 10.6. The lowest BCUT2D eigenvalue weighted by Gasteiger charge is -2.19. The molecule has 0 radical (unpaired) electrons. The normalized spacial score (nSPS) is 15.7. The van der Waals surface area contributed by atoms with Crippen molar-refractivity contribution >= 4 is 37.6 Å². The van der Waals surface area contributed by atoms with E-state index >= 15 is 0 Å². The first-order chi connectivity index (χ1) is 19.1. The standard InChI is InChI=1S/C30H33N6O3P/c1-30(2,39)21-10-6-18(7-11-21)28(37)33-23-15-19(8-12-26(23)40)22-16-24(29(38)35-34-22)32-27-13-9-20(17-31-27)25-5-4-14-36(25)3/h6-13,15-17,25,39H,4-5,14,40H2,1-3H3,(H,33,37)(H,35,38)(H,31,32,34). The molecule has 0 aliphatic carbocycles. The average Bonchev–Trinajstić information content (AvgIpc) is 3.37. The number of aliphatic hydroxyl groups is 1. The Morgan fingerprint density at radius 1 is 1.10 bits per heavy atom. The van der Waals surface area contributed by atoms with Crippen molar-refractivity contribution in [3.8, 4) is 11.3 Å². The van der Waals surface area contributed by atoms with E-state index in [1.807, 2.05) is 30.5 Å². The fourth-order valence-corrected chi connectivity index (χ4v) is 5.09. The minimum atomic E-state index is -0.986. The van der Waals surface area contributed by atoms with Crippen molar-refractivity contribution in [2.24, 2.45) is 0 Å². The number of rotatable bonds is 7. The van der Waals surface area contributed by atoms with Gasteiger partial charge in [-0.2, -0.15) is 5.10 Å². The molecule has 1 amide bonds. The van der Waals surface area contributed by atoms with Crippen LogP contribution in [-0.4, -0.2) is 44.7 Å². The first-order valence-corrected chi connectivity index (χ1v) is 13.7. The van der Waals surface area contributed by atoms with Gasteiger partial charge in [-0.1, -0.05) is 30.3 Å². The Kier molecular flexibility index (Phi) is 7.81. The van der Waals surface area contributed by atoms with Gasteiger partial charge in [0.2, 0.25) is 0 Å². The number of carbonyl (C=O) groups is 1. The summed E-state index contributed by atoms with van der Waals surface area (Å²) in [6, 6.07) is 18.3. The van der Waals surface area contributed by atoms with Gasteiger partial charge in [0.1, 0.15) is 11.5 Å². The Morgan fingerprint density at radius 2 is 1.88 bits per heavy atom. The number of anilines is 3. The molecule has 1 saturated heterocycles. The zero-order valence-electron chi connectivity index (χ0n) is 22.7. The predicted octanol–water partition coefficient (Wildman–Crippen LogP) is 4.32. The molecule has 5 rings (SSSR count). The highest BCUT2D eigenvalue weighted by molar-refractivity contribution is 7.28. The number of H-pyrrole nitrogens is 1. The monoisotopic (exact) mass is 556 g/mol. The molecule has 206 valence electrons. The van der Waals surface area contributed by atoms with Crippen LogP contribution < -0.4 is 21.5 Å². The first kappa shape index (κ1) is 27.6. The van der Waals surface area contributed by atoms with Crippen LogP contribution in [-0.2, 0) is 5.60 Å². The molecule has 2 aromatic carbocycles. The minimum absolute atomic E-state index is 0.279. The number of aromatic nitrogens is 3. The minimum Gasteiger partial charge on any atom is -0.386 e. The highest BCUT2D eigenvalue weighted by Crippen LogP contribution is 2.30. The number of hydrogen-bond donors (Lipinski definition) is 4. The summed E-state index contributed by atoms with van der Waals surface area (Å²) in [7, 11) is 4.74. The van der Waals surface area contributed by atoms with Gasteiger partial charge in [0.05, 0.1) is 11.3 Å². The topological polar surface area (TPSA) is 123 Å². The van der Waals surface area contributed by atoms with E-state index in [0.717, 1.165) is 29.4 Å². The van der Waals surface area contributed by atoms with Gasteiger partial charge in [-0.15, -0.1) is 9.24 Å². The number of nitrogens with zero attached hydrogens (tertiary/aromatic N) is 3. The summed E-state index contributed by atoms with van der Waals surface area (Å²) in [4.78, 5) is 32.3. The van der Waals surface area contributed by atoms with Crippen LogP contribution in [0.5, 0.6) is 0 Å². The Balaban J connectivity index is 1.34. The van der Waals surface area contributed by atoms with E-state index in [-0.39, 0.29) is 11.5 Å². The SMILES string of the molecule is CN1CCCC1c1ccc(Nc2cc(-c3ccc(P)c(NC(=O)c4ccc(C(C)(C)O)cc4)c3)n[nH]c2=O)nc1. The zero-order valence-corrected chi connectivity index (χ0v) is 23.9. The highest BCUT2D eigenvalue weighted by atomic mass is 31.0. The van der Waals surface area contributed by atoms with Gasteiger partial charge in [-0.25, -0.2) is 10.1 Å². The quantitative estimate of drug-likeness (QED) is 0.250. The molecular weight excluding hydrogens is 523 g/mol. The number of hydrogen-bond acceptors (Lipinski definition) is 7. The first-order valence-electron chi connectivity index (χ1n) is 13.2. The predicted molar refractivity (Wildman–Crippen MR) is 161 cm³/mol. The molecule has 9 nitrogen and oxygen atoms in total. The zero-order chi connectivity index (χ0) is 28.4. The molecule has 1 aliphatic rings. The summed E-state index contributed by atoms with van der Waals surface area (Å²) < 4.78 is 0. The maximum Gasteiger partial charge on any atom is 0.287 e. The van der Waals surface area contributed by atoms with Gasteiger partial charge in [0, 0.05) is 29.1 Å². The number of carbonyl (C=O) groups excluding carboxylic acids is 1. The van der Waals surface area contributed by atoms with E-state index in [1.165, 1.54) is 6.42 Å². The molecule has 1 aliphatic heterocycles. The fourth-order valence-electron chi connectivity index (χ4n) is 4.84. The molecule has 40 heavy (non-hydrogen) atoms. The Labute approximate surface area is 235 Å². The van der Waals surface area contributed by atoms with Crippen molar-refractivity contribution in [3.63, 3.8) is 0 Å². The van der Waals surface area contributed by atoms with E-state index in [1.54, 1.807) is 50.2 Å². The van der Waals surface area contributed by atoms with Gasteiger partial charge < -0.3 is 15.7 Å². The van der Waals surface area contributed by atoms with Gasteiger partial charge in [0.25, 0.3) is 11.5 Å². The smallest absolute Gasteiger partial charge is 0.287 e. The van der Waals surface area contributed by atoms with E-state index in [2.05, 4.69) is 47.0 Å². The molecule has 2 atom stereocenters. The summed E-state index contributed by atoms with van der Waals surface area (Å²) >= 11 is 0. The third-order valence-electron chi connectivity index (χ3n) is 7.21. The third kappa shape index (κ3) is 6.12. The largest absolute Gasteiger partial charge is 0.386 e. The molecule has 10 heteroatoms. The van der Waals surface area contributed by atoms with Crippen LogP contribution >= 0.6 is 9.24 Å². The Bertz CT molecular complexity index is 1580. The number of amides is 1. The molecule has 2 aromatic heterocycles. The van der Waals surface area contributed by atoms with E-state index in [0.29, 0.717) is 40.1 Å². The summed E-state index contributed by atoms with van der Waals surface area (Å²) in [6.07, 6.45) is 4.15. The van der Waals surface area contributed by atoms with E-state index in [4.69, 9.17) is 0 Å². The molecule has 1 fully saturated rings. The van der Waals surface area contributed by atoms with Crippen molar-refractivity contribution in [2.75, 3.05) is 24.2 Å². The van der Waals surface area contributed by atoms with E-state index < -0.39 is 5.60 Å².